The lowest BCUT2D eigenvalue weighted by Crippen LogP contribution is -2.48. The number of carbonyl (C=O) groups is 1. The largest absolute Gasteiger partial charge is 0.338 e. The number of nitrogens with one attached hydrogen (secondary N) is 1. The number of aromatic nitrogens is 2. The van der Waals surface area contributed by atoms with Crippen molar-refractivity contribution in [3.05, 3.63) is 47.8 Å². The van der Waals surface area contributed by atoms with Gasteiger partial charge < -0.3 is 10.2 Å². The normalized spacial score (nSPS) is 24.6. The van der Waals surface area contributed by atoms with Gasteiger partial charge in [-0.3, -0.25) is 4.79 Å². The van der Waals surface area contributed by atoms with E-state index in [1.807, 2.05) is 55.4 Å². The molecule has 0 spiro atoms. The number of carbonyl (C=O) groups excluding carboxylic acids is 1. The third-order valence-electron chi connectivity index (χ3n) is 5.47. The third-order valence-corrected chi connectivity index (χ3v) is 5.47. The predicted octanol–water partition coefficient (Wildman–Crippen LogP) is 2.96. The maximum Gasteiger partial charge on any atom is 0.257 e. The smallest absolute Gasteiger partial charge is 0.257 e. The lowest BCUT2D eigenvalue weighted by atomic mass is 9.98. The molecule has 0 aliphatic carbocycles. The van der Waals surface area contributed by atoms with E-state index < -0.39 is 0 Å². The Bertz CT molecular complexity index is 733. The van der Waals surface area contributed by atoms with Crippen LogP contribution in [-0.2, 0) is 0 Å². The molecule has 2 bridgehead atoms. The summed E-state index contributed by atoms with van der Waals surface area (Å²) in [5, 5.41) is 8.16. The number of nitrogens with zero attached hydrogens (tertiary/aromatic N) is 3. The summed E-state index contributed by atoms with van der Waals surface area (Å²) in [6.45, 7) is 1.91. The zero-order chi connectivity index (χ0) is 16.7. The molecule has 2 aliphatic rings. The van der Waals surface area contributed by atoms with E-state index in [1.165, 1.54) is 12.8 Å². The first-order valence-corrected chi connectivity index (χ1v) is 8.76. The fourth-order valence-corrected chi connectivity index (χ4v) is 4.08. The van der Waals surface area contributed by atoms with E-state index in [-0.39, 0.29) is 18.3 Å². The quantitative estimate of drug-likeness (QED) is 0.915. The highest BCUT2D eigenvalue weighted by Crippen LogP contribution is 2.30. The van der Waals surface area contributed by atoms with E-state index in [2.05, 4.69) is 10.4 Å². The Labute approximate surface area is 154 Å². The van der Waals surface area contributed by atoms with Gasteiger partial charge in [0.1, 0.15) is 0 Å². The van der Waals surface area contributed by atoms with Crippen molar-refractivity contribution >= 4 is 18.3 Å². The fourth-order valence-electron chi connectivity index (χ4n) is 4.08. The second-order valence-electron chi connectivity index (χ2n) is 7.09. The number of hydrogen-bond donors (Lipinski definition) is 1. The van der Waals surface area contributed by atoms with Crippen LogP contribution in [0.3, 0.4) is 0 Å². The van der Waals surface area contributed by atoms with Crippen LogP contribution in [0, 0.1) is 6.92 Å². The van der Waals surface area contributed by atoms with Gasteiger partial charge in [0.15, 0.2) is 0 Å². The molecule has 134 valence electrons. The minimum absolute atomic E-state index is 0. The van der Waals surface area contributed by atoms with Gasteiger partial charge >= 0.3 is 0 Å². The minimum atomic E-state index is 0. The van der Waals surface area contributed by atoms with Crippen LogP contribution < -0.4 is 5.32 Å². The summed E-state index contributed by atoms with van der Waals surface area (Å²) in [7, 11) is 1.94. The molecule has 2 saturated heterocycles. The highest BCUT2D eigenvalue weighted by Gasteiger charge is 2.37. The molecule has 5 nitrogen and oxygen atoms in total. The van der Waals surface area contributed by atoms with E-state index in [1.54, 1.807) is 4.68 Å². The van der Waals surface area contributed by atoms with Gasteiger partial charge in [0.25, 0.3) is 5.91 Å². The van der Waals surface area contributed by atoms with Crippen molar-refractivity contribution in [3.63, 3.8) is 0 Å². The Hall–Kier alpha value is -1.85. The van der Waals surface area contributed by atoms with E-state index in [4.69, 9.17) is 0 Å². The number of amides is 1. The monoisotopic (exact) mass is 360 g/mol. The van der Waals surface area contributed by atoms with E-state index in [0.29, 0.717) is 23.7 Å². The average molecular weight is 361 g/mol. The Balaban J connectivity index is 0.00000182. The van der Waals surface area contributed by atoms with Crippen molar-refractivity contribution in [1.29, 1.82) is 0 Å². The first kappa shape index (κ1) is 18.0. The summed E-state index contributed by atoms with van der Waals surface area (Å²) in [5.74, 6) is 0.0842. The summed E-state index contributed by atoms with van der Waals surface area (Å²) >= 11 is 0. The molecule has 25 heavy (non-hydrogen) atoms. The molecule has 1 amide bonds. The van der Waals surface area contributed by atoms with Crippen LogP contribution in [0.2, 0.25) is 0 Å². The van der Waals surface area contributed by atoms with Gasteiger partial charge in [0, 0.05) is 31.4 Å². The number of piperidine rings is 1. The molecular weight excluding hydrogens is 336 g/mol. The van der Waals surface area contributed by atoms with Gasteiger partial charge in [-0.25, -0.2) is 4.68 Å². The molecule has 2 atom stereocenters. The number of rotatable bonds is 3. The molecule has 0 saturated carbocycles. The maximum absolute atomic E-state index is 13.0. The summed E-state index contributed by atoms with van der Waals surface area (Å²) in [5.41, 5.74) is 2.46. The van der Waals surface area contributed by atoms with Crippen molar-refractivity contribution in [2.24, 2.45) is 0 Å². The molecule has 2 aromatic rings. The van der Waals surface area contributed by atoms with Crippen LogP contribution in [0.25, 0.3) is 5.69 Å². The van der Waals surface area contributed by atoms with E-state index >= 15 is 0 Å². The number of fused-ring (bicyclic) bond motifs is 2. The van der Waals surface area contributed by atoms with Crippen molar-refractivity contribution in [1.82, 2.24) is 20.0 Å². The van der Waals surface area contributed by atoms with Crippen molar-refractivity contribution in [2.45, 2.75) is 50.7 Å². The number of para-hydroxylation sites is 1. The first-order chi connectivity index (χ1) is 11.6. The lowest BCUT2D eigenvalue weighted by molar-refractivity contribution is 0.0681. The zero-order valence-electron chi connectivity index (χ0n) is 14.7. The standard InChI is InChI=1S/C19H24N4O.ClH/c1-13-18(12-23(21-13)16-6-4-3-5-7-16)19(24)22(2)17-10-14-8-9-15(11-17)20-14;/h3-7,12,14-15,17,20H,8-11H2,1-2H3;1H. The SMILES string of the molecule is Cc1nn(-c2ccccc2)cc1C(=O)N(C)C1CC2CCC(C1)N2.Cl. The molecule has 4 rings (SSSR count). The third kappa shape index (κ3) is 3.44. The molecule has 1 aromatic carbocycles. The second-order valence-corrected chi connectivity index (χ2v) is 7.09. The van der Waals surface area contributed by atoms with Crippen molar-refractivity contribution < 1.29 is 4.79 Å². The number of benzene rings is 1. The Morgan fingerprint density at radius 3 is 2.48 bits per heavy atom. The lowest BCUT2D eigenvalue weighted by Gasteiger charge is -2.35. The van der Waals surface area contributed by atoms with Gasteiger partial charge in [-0.05, 0) is 44.7 Å². The van der Waals surface area contributed by atoms with E-state index in [0.717, 1.165) is 24.2 Å². The Kier molecular flexibility index (Phi) is 5.16. The zero-order valence-corrected chi connectivity index (χ0v) is 15.5. The molecule has 3 heterocycles. The van der Waals surface area contributed by atoms with E-state index in [9.17, 15) is 4.79 Å². The summed E-state index contributed by atoms with van der Waals surface area (Å²) < 4.78 is 1.79. The van der Waals surface area contributed by atoms with Gasteiger partial charge in [-0.2, -0.15) is 5.10 Å². The minimum Gasteiger partial charge on any atom is -0.338 e. The number of hydrogen-bond acceptors (Lipinski definition) is 3. The molecule has 0 radical (unpaired) electrons. The van der Waals surface area contributed by atoms with Gasteiger partial charge in [-0.1, -0.05) is 18.2 Å². The molecule has 2 fully saturated rings. The molecule has 2 unspecified atom stereocenters. The highest BCUT2D eigenvalue weighted by atomic mass is 35.5. The topological polar surface area (TPSA) is 50.2 Å². The molecule has 2 aliphatic heterocycles. The highest BCUT2D eigenvalue weighted by molar-refractivity contribution is 5.95. The van der Waals surface area contributed by atoms with Crippen LogP contribution in [0.5, 0.6) is 0 Å². The summed E-state index contributed by atoms with van der Waals surface area (Å²) in [6, 6.07) is 11.4. The number of aryl methyl sites for hydroxylation is 1. The van der Waals surface area contributed by atoms with Crippen molar-refractivity contribution in [2.75, 3.05) is 7.05 Å². The molecule has 6 heteroatoms. The summed E-state index contributed by atoms with van der Waals surface area (Å²) in [6.07, 6.45) is 6.47. The predicted molar refractivity (Wildman–Crippen MR) is 101 cm³/mol. The van der Waals surface area contributed by atoms with Crippen LogP contribution >= 0.6 is 12.4 Å². The molecular formula is C19H25ClN4O. The molecule has 1 aromatic heterocycles. The second kappa shape index (κ2) is 7.18. The number of halogens is 1. The maximum atomic E-state index is 13.0. The van der Waals surface area contributed by atoms with Gasteiger partial charge in [0.2, 0.25) is 0 Å². The average Bonchev–Trinajstić information content (AvgIpc) is 3.16. The van der Waals surface area contributed by atoms with Crippen LogP contribution in [0.4, 0.5) is 0 Å². The fraction of sp³-hybridized carbons (Fsp3) is 0.474. The van der Waals surface area contributed by atoms with Gasteiger partial charge in [-0.15, -0.1) is 12.4 Å². The van der Waals surface area contributed by atoms with Crippen molar-refractivity contribution in [3.8, 4) is 5.69 Å². The first-order valence-electron chi connectivity index (χ1n) is 8.76. The van der Waals surface area contributed by atoms with Crippen LogP contribution in [-0.4, -0.2) is 45.8 Å². The Morgan fingerprint density at radius 2 is 1.84 bits per heavy atom. The molecule has 1 N–H and O–H groups in total. The van der Waals surface area contributed by atoms with Crippen LogP contribution in [0.1, 0.15) is 41.7 Å². The van der Waals surface area contributed by atoms with Crippen LogP contribution in [0.15, 0.2) is 36.5 Å². The summed E-state index contributed by atoms with van der Waals surface area (Å²) in [4.78, 5) is 14.9. The Morgan fingerprint density at radius 1 is 1.20 bits per heavy atom. The van der Waals surface area contributed by atoms with Gasteiger partial charge in [0.05, 0.1) is 16.9 Å².